The van der Waals surface area contributed by atoms with Crippen LogP contribution < -0.4 is 10.5 Å². The number of piperidine rings is 1. The Morgan fingerprint density at radius 2 is 2.00 bits per heavy atom. The summed E-state index contributed by atoms with van der Waals surface area (Å²) >= 11 is 0. The number of hydrogen-bond acceptors (Lipinski definition) is 4. The molecule has 6 nitrogen and oxygen atoms in total. The molecule has 1 saturated heterocycles. The summed E-state index contributed by atoms with van der Waals surface area (Å²) in [6.45, 7) is 5.39. The molecule has 0 bridgehead atoms. The third-order valence-electron chi connectivity index (χ3n) is 4.26. The van der Waals surface area contributed by atoms with Gasteiger partial charge in [-0.3, -0.25) is 4.79 Å². The van der Waals surface area contributed by atoms with Gasteiger partial charge in [-0.05, 0) is 44.7 Å². The minimum atomic E-state index is -3.51. The smallest absolute Gasteiger partial charge is 0.240 e. The number of carbonyl (C=O) groups excluding carboxylic acids is 1. The maximum Gasteiger partial charge on any atom is 0.240 e. The largest absolute Gasteiger partial charge is 0.342 e. The van der Waals surface area contributed by atoms with Gasteiger partial charge in [0, 0.05) is 32.1 Å². The second-order valence-corrected chi connectivity index (χ2v) is 8.46. The van der Waals surface area contributed by atoms with Crippen molar-refractivity contribution < 1.29 is 13.2 Å². The summed E-state index contributed by atoms with van der Waals surface area (Å²) in [5.74, 6) is 0.187. The fraction of sp³-hybridized carbons (Fsp3) is 0.588. The third kappa shape index (κ3) is 6.58. The van der Waals surface area contributed by atoms with Crippen molar-refractivity contribution in [2.24, 2.45) is 11.7 Å². The molecule has 0 aromatic heterocycles. The van der Waals surface area contributed by atoms with Gasteiger partial charge in [0.05, 0.1) is 4.90 Å². The number of hydrogen-bond donors (Lipinski definition) is 2. The minimum absolute atomic E-state index is 0. The molecule has 0 radical (unpaired) electrons. The summed E-state index contributed by atoms with van der Waals surface area (Å²) in [6, 6.07) is 6.62. The number of aryl methyl sites for hydroxylation is 1. The topological polar surface area (TPSA) is 92.5 Å². The average Bonchev–Trinajstić information content (AvgIpc) is 2.53. The van der Waals surface area contributed by atoms with Crippen molar-refractivity contribution >= 4 is 28.3 Å². The molecule has 1 aliphatic rings. The number of nitrogens with one attached hydrogen (secondary N) is 1. The van der Waals surface area contributed by atoms with Crippen LogP contribution in [0.25, 0.3) is 0 Å². The predicted octanol–water partition coefficient (Wildman–Crippen LogP) is 1.67. The number of likely N-dealkylation sites (tertiary alicyclic amines) is 1. The zero-order chi connectivity index (χ0) is 17.7. The summed E-state index contributed by atoms with van der Waals surface area (Å²) in [5.41, 5.74) is 6.70. The van der Waals surface area contributed by atoms with Crippen LogP contribution >= 0.6 is 12.4 Å². The van der Waals surface area contributed by atoms with Gasteiger partial charge in [0.2, 0.25) is 15.9 Å². The van der Waals surface area contributed by atoms with E-state index in [1.165, 1.54) is 0 Å². The van der Waals surface area contributed by atoms with Crippen LogP contribution in [0.5, 0.6) is 0 Å². The van der Waals surface area contributed by atoms with E-state index >= 15 is 0 Å². The number of sulfonamides is 1. The number of carbonyl (C=O) groups is 1. The zero-order valence-electron chi connectivity index (χ0n) is 14.8. The first-order chi connectivity index (χ1) is 11.3. The first-order valence-electron chi connectivity index (χ1n) is 8.37. The number of nitrogens with zero attached hydrogens (tertiary/aromatic N) is 1. The highest BCUT2D eigenvalue weighted by Crippen LogP contribution is 2.18. The molecule has 1 aromatic carbocycles. The van der Waals surface area contributed by atoms with Crippen molar-refractivity contribution in [1.82, 2.24) is 9.62 Å². The van der Waals surface area contributed by atoms with E-state index in [-0.39, 0.29) is 35.2 Å². The maximum absolute atomic E-state index is 12.3. The van der Waals surface area contributed by atoms with Crippen LogP contribution in [-0.4, -0.2) is 44.9 Å². The Bertz CT molecular complexity index is 662. The van der Waals surface area contributed by atoms with Crippen LogP contribution in [0.4, 0.5) is 0 Å². The Balaban J connectivity index is 0.00000312. The van der Waals surface area contributed by atoms with E-state index in [0.29, 0.717) is 19.5 Å². The molecule has 2 rings (SSSR count). The molecule has 8 heteroatoms. The average molecular weight is 390 g/mol. The zero-order valence-corrected chi connectivity index (χ0v) is 16.4. The van der Waals surface area contributed by atoms with Crippen molar-refractivity contribution in [3.05, 3.63) is 29.8 Å². The van der Waals surface area contributed by atoms with Crippen LogP contribution in [0.1, 0.15) is 31.7 Å². The van der Waals surface area contributed by atoms with Gasteiger partial charge in [-0.15, -0.1) is 12.4 Å². The van der Waals surface area contributed by atoms with E-state index in [0.717, 1.165) is 24.9 Å². The Labute approximate surface area is 156 Å². The molecule has 2 unspecified atom stereocenters. The Hall–Kier alpha value is -1.15. The summed E-state index contributed by atoms with van der Waals surface area (Å²) in [5, 5.41) is 0. The lowest BCUT2D eigenvalue weighted by Crippen LogP contribution is -2.44. The van der Waals surface area contributed by atoms with Crippen LogP contribution in [0.3, 0.4) is 0 Å². The number of amides is 1. The summed E-state index contributed by atoms with van der Waals surface area (Å²) in [4.78, 5) is 14.2. The van der Waals surface area contributed by atoms with Crippen LogP contribution in [0.2, 0.25) is 0 Å². The second kappa shape index (κ2) is 9.52. The normalized spacial score (nSPS) is 19.2. The first-order valence-corrected chi connectivity index (χ1v) is 9.86. The molecular formula is C17H28ClN3O3S. The lowest BCUT2D eigenvalue weighted by molar-refractivity contribution is -0.133. The highest BCUT2D eigenvalue weighted by atomic mass is 35.5. The fourth-order valence-electron chi connectivity index (χ4n) is 2.89. The van der Waals surface area contributed by atoms with Gasteiger partial charge in [-0.25, -0.2) is 13.1 Å². The molecule has 0 spiro atoms. The molecule has 142 valence electrons. The number of halogens is 1. The molecule has 2 atom stereocenters. The molecule has 25 heavy (non-hydrogen) atoms. The van der Waals surface area contributed by atoms with Crippen LogP contribution in [0, 0.1) is 12.8 Å². The third-order valence-corrected chi connectivity index (χ3v) is 5.70. The first kappa shape index (κ1) is 21.9. The van der Waals surface area contributed by atoms with E-state index < -0.39 is 10.0 Å². The van der Waals surface area contributed by atoms with Gasteiger partial charge in [-0.1, -0.05) is 17.7 Å². The SMILES string of the molecule is Cc1ccc(S(=O)(=O)NCC2CCCN(C(=O)CC(C)N)C2)cc1.Cl. The molecule has 1 fully saturated rings. The van der Waals surface area contributed by atoms with Gasteiger partial charge in [0.15, 0.2) is 0 Å². The van der Waals surface area contributed by atoms with E-state index in [1.807, 2.05) is 13.8 Å². The van der Waals surface area contributed by atoms with E-state index in [2.05, 4.69) is 4.72 Å². The van der Waals surface area contributed by atoms with E-state index in [4.69, 9.17) is 5.73 Å². The number of rotatable bonds is 6. The molecule has 1 amide bonds. The molecule has 0 aliphatic carbocycles. The minimum Gasteiger partial charge on any atom is -0.342 e. The maximum atomic E-state index is 12.3. The monoisotopic (exact) mass is 389 g/mol. The summed E-state index contributed by atoms with van der Waals surface area (Å²) in [7, 11) is -3.51. The fourth-order valence-corrected chi connectivity index (χ4v) is 4.01. The van der Waals surface area contributed by atoms with Gasteiger partial charge < -0.3 is 10.6 Å². The van der Waals surface area contributed by atoms with Gasteiger partial charge in [0.25, 0.3) is 0 Å². The van der Waals surface area contributed by atoms with Gasteiger partial charge in [-0.2, -0.15) is 0 Å². The van der Waals surface area contributed by atoms with Crippen LogP contribution in [0.15, 0.2) is 29.2 Å². The predicted molar refractivity (Wildman–Crippen MR) is 101 cm³/mol. The highest BCUT2D eigenvalue weighted by Gasteiger charge is 2.25. The lowest BCUT2D eigenvalue weighted by Gasteiger charge is -2.33. The number of nitrogens with two attached hydrogens (primary N) is 1. The quantitative estimate of drug-likeness (QED) is 0.774. The standard InChI is InChI=1S/C17H27N3O3S.ClH/c1-13-5-7-16(8-6-13)24(22,23)19-11-15-4-3-9-20(12-15)17(21)10-14(2)18;/h5-8,14-15,19H,3-4,9-12,18H2,1-2H3;1H. The summed E-state index contributed by atoms with van der Waals surface area (Å²) < 4.78 is 27.4. The van der Waals surface area contributed by atoms with Gasteiger partial charge >= 0.3 is 0 Å². The molecule has 1 heterocycles. The summed E-state index contributed by atoms with van der Waals surface area (Å²) in [6.07, 6.45) is 2.14. The highest BCUT2D eigenvalue weighted by molar-refractivity contribution is 7.89. The lowest BCUT2D eigenvalue weighted by atomic mass is 9.98. The second-order valence-electron chi connectivity index (χ2n) is 6.69. The number of benzene rings is 1. The van der Waals surface area contributed by atoms with E-state index in [1.54, 1.807) is 29.2 Å². The van der Waals surface area contributed by atoms with E-state index in [9.17, 15) is 13.2 Å². The van der Waals surface area contributed by atoms with Crippen molar-refractivity contribution in [3.63, 3.8) is 0 Å². The Morgan fingerprint density at radius 3 is 2.60 bits per heavy atom. The van der Waals surface area contributed by atoms with Crippen molar-refractivity contribution in [2.75, 3.05) is 19.6 Å². The molecule has 1 aromatic rings. The molecule has 3 N–H and O–H groups in total. The van der Waals surface area contributed by atoms with Crippen molar-refractivity contribution in [2.45, 2.75) is 44.0 Å². The Kier molecular flexibility index (Phi) is 8.34. The van der Waals surface area contributed by atoms with Crippen molar-refractivity contribution in [1.29, 1.82) is 0 Å². The molecule has 0 saturated carbocycles. The Morgan fingerprint density at radius 1 is 1.36 bits per heavy atom. The molecule has 1 aliphatic heterocycles. The molecular weight excluding hydrogens is 362 g/mol. The van der Waals surface area contributed by atoms with Crippen molar-refractivity contribution in [3.8, 4) is 0 Å². The van der Waals surface area contributed by atoms with Crippen LogP contribution in [-0.2, 0) is 14.8 Å². The van der Waals surface area contributed by atoms with Gasteiger partial charge in [0.1, 0.15) is 0 Å².